The largest absolute Gasteiger partial charge is 0.482 e. The fourth-order valence-corrected chi connectivity index (χ4v) is 3.02. The van der Waals surface area contributed by atoms with Crippen LogP contribution in [0.2, 0.25) is 0 Å². The van der Waals surface area contributed by atoms with Gasteiger partial charge < -0.3 is 10.1 Å². The van der Waals surface area contributed by atoms with E-state index in [9.17, 15) is 4.79 Å². The maximum atomic E-state index is 11.8. The van der Waals surface area contributed by atoms with Crippen molar-refractivity contribution >= 4 is 17.7 Å². The minimum Gasteiger partial charge on any atom is -0.482 e. The van der Waals surface area contributed by atoms with Gasteiger partial charge in [0, 0.05) is 11.8 Å². The lowest BCUT2D eigenvalue weighted by atomic mass is 10.2. The number of carbonyl (C=O) groups excluding carboxylic acids is 1. The number of hydrogen-bond donors (Lipinski definition) is 1. The molecule has 1 aromatic rings. The fraction of sp³-hybridized carbons (Fsp3) is 0.429. The second kappa shape index (κ2) is 7.05. The minimum atomic E-state index is -0.125. The van der Waals surface area contributed by atoms with Gasteiger partial charge in [-0.25, -0.2) is 0 Å². The third-order valence-corrected chi connectivity index (χ3v) is 4.11. The maximum absolute atomic E-state index is 11.8. The van der Waals surface area contributed by atoms with Crippen LogP contribution in [0.25, 0.3) is 0 Å². The van der Waals surface area contributed by atoms with Gasteiger partial charge in [-0.2, -0.15) is 17.0 Å². The predicted octanol–water partition coefficient (Wildman–Crippen LogP) is 1.95. The molecule has 0 spiro atoms. The number of benzene rings is 1. The van der Waals surface area contributed by atoms with Gasteiger partial charge in [-0.15, -0.1) is 0 Å². The molecule has 5 heteroatoms. The van der Waals surface area contributed by atoms with Crippen LogP contribution >= 0.6 is 11.8 Å². The maximum Gasteiger partial charge on any atom is 0.258 e. The zero-order valence-corrected chi connectivity index (χ0v) is 11.4. The fourth-order valence-electron chi connectivity index (χ4n) is 1.95. The lowest BCUT2D eigenvalue weighted by molar-refractivity contribution is -0.123. The molecule has 19 heavy (non-hydrogen) atoms. The SMILES string of the molecule is N#Cc1ccccc1OCC(=O)NC1CCCSC1. The highest BCUT2D eigenvalue weighted by molar-refractivity contribution is 7.99. The van der Waals surface area contributed by atoms with Crippen LogP contribution in [0, 0.1) is 11.3 Å². The Labute approximate surface area is 117 Å². The molecule has 2 rings (SSSR count). The van der Waals surface area contributed by atoms with Gasteiger partial charge in [-0.05, 0) is 30.7 Å². The number of para-hydroxylation sites is 1. The summed E-state index contributed by atoms with van der Waals surface area (Å²) in [4.78, 5) is 11.8. The summed E-state index contributed by atoms with van der Waals surface area (Å²) >= 11 is 1.87. The first-order chi connectivity index (χ1) is 9.29. The van der Waals surface area contributed by atoms with Gasteiger partial charge >= 0.3 is 0 Å². The summed E-state index contributed by atoms with van der Waals surface area (Å²) in [6.07, 6.45) is 2.18. The zero-order valence-electron chi connectivity index (χ0n) is 10.6. The Morgan fingerprint density at radius 1 is 1.53 bits per heavy atom. The summed E-state index contributed by atoms with van der Waals surface area (Å²) in [6, 6.07) is 9.21. The third kappa shape index (κ3) is 4.18. The number of nitriles is 1. The van der Waals surface area contributed by atoms with Crippen LogP contribution in [-0.2, 0) is 4.79 Å². The Kier molecular flexibility index (Phi) is 5.10. The van der Waals surface area contributed by atoms with Gasteiger partial charge in [0.1, 0.15) is 11.8 Å². The molecule has 1 fully saturated rings. The lowest BCUT2D eigenvalue weighted by Gasteiger charge is -2.22. The number of amides is 1. The van der Waals surface area contributed by atoms with Crippen molar-refractivity contribution < 1.29 is 9.53 Å². The number of carbonyl (C=O) groups is 1. The monoisotopic (exact) mass is 276 g/mol. The highest BCUT2D eigenvalue weighted by Crippen LogP contribution is 2.18. The van der Waals surface area contributed by atoms with E-state index in [1.807, 2.05) is 17.8 Å². The third-order valence-electron chi connectivity index (χ3n) is 2.89. The van der Waals surface area contributed by atoms with Crippen LogP contribution in [0.5, 0.6) is 5.75 Å². The molecule has 1 aliphatic heterocycles. The molecule has 100 valence electrons. The highest BCUT2D eigenvalue weighted by atomic mass is 32.2. The van der Waals surface area contributed by atoms with Crippen LogP contribution in [0.4, 0.5) is 0 Å². The standard InChI is InChI=1S/C14H16N2O2S/c15-8-11-4-1-2-6-13(11)18-9-14(17)16-12-5-3-7-19-10-12/h1-2,4,6,12H,3,5,7,9-10H2,(H,16,17). The van der Waals surface area contributed by atoms with Gasteiger partial charge in [-0.3, -0.25) is 4.79 Å². The predicted molar refractivity (Wildman–Crippen MR) is 75.1 cm³/mol. The molecule has 1 heterocycles. The summed E-state index contributed by atoms with van der Waals surface area (Å²) < 4.78 is 5.39. The van der Waals surface area contributed by atoms with Crippen LogP contribution < -0.4 is 10.1 Å². The molecule has 0 radical (unpaired) electrons. The van der Waals surface area contributed by atoms with Crippen LogP contribution in [0.1, 0.15) is 18.4 Å². The normalized spacial score (nSPS) is 18.4. The van der Waals surface area contributed by atoms with Crippen LogP contribution in [-0.4, -0.2) is 30.1 Å². The molecule has 0 aromatic heterocycles. The number of thioether (sulfide) groups is 1. The molecule has 4 nitrogen and oxygen atoms in total. The van der Waals surface area contributed by atoms with E-state index >= 15 is 0 Å². The molecule has 1 atom stereocenters. The molecule has 1 unspecified atom stereocenters. The average Bonchev–Trinajstić information content (AvgIpc) is 2.46. The van der Waals surface area contributed by atoms with Crippen molar-refractivity contribution in [3.05, 3.63) is 29.8 Å². The Hall–Kier alpha value is -1.67. The van der Waals surface area contributed by atoms with Crippen molar-refractivity contribution in [1.29, 1.82) is 5.26 Å². The Morgan fingerprint density at radius 2 is 2.37 bits per heavy atom. The molecular weight excluding hydrogens is 260 g/mol. The van der Waals surface area contributed by atoms with E-state index in [1.165, 1.54) is 5.75 Å². The van der Waals surface area contributed by atoms with Crippen molar-refractivity contribution in [3.63, 3.8) is 0 Å². The zero-order chi connectivity index (χ0) is 13.5. The molecule has 0 bridgehead atoms. The van der Waals surface area contributed by atoms with Gasteiger partial charge in [0.15, 0.2) is 6.61 Å². The van der Waals surface area contributed by atoms with E-state index in [0.29, 0.717) is 11.3 Å². The van der Waals surface area contributed by atoms with Gasteiger partial charge in [0.2, 0.25) is 0 Å². The first-order valence-electron chi connectivity index (χ1n) is 6.28. The molecule has 0 aliphatic carbocycles. The highest BCUT2D eigenvalue weighted by Gasteiger charge is 2.16. The lowest BCUT2D eigenvalue weighted by Crippen LogP contribution is -2.40. The second-order valence-electron chi connectivity index (χ2n) is 4.38. The van der Waals surface area contributed by atoms with Crippen LogP contribution in [0.3, 0.4) is 0 Å². The number of ether oxygens (including phenoxy) is 1. The van der Waals surface area contributed by atoms with Crippen molar-refractivity contribution in [3.8, 4) is 11.8 Å². The van der Waals surface area contributed by atoms with Crippen LogP contribution in [0.15, 0.2) is 24.3 Å². The molecule has 1 amide bonds. The van der Waals surface area contributed by atoms with E-state index in [-0.39, 0.29) is 18.6 Å². The van der Waals surface area contributed by atoms with Gasteiger partial charge in [0.05, 0.1) is 5.56 Å². The number of hydrogen-bond acceptors (Lipinski definition) is 4. The number of nitrogens with zero attached hydrogens (tertiary/aromatic N) is 1. The Bertz CT molecular complexity index is 479. The van der Waals surface area contributed by atoms with Gasteiger partial charge in [0.25, 0.3) is 5.91 Å². The average molecular weight is 276 g/mol. The minimum absolute atomic E-state index is 0.0418. The van der Waals surface area contributed by atoms with E-state index in [4.69, 9.17) is 10.00 Å². The topological polar surface area (TPSA) is 62.1 Å². The van der Waals surface area contributed by atoms with Crippen molar-refractivity contribution in [2.75, 3.05) is 18.1 Å². The smallest absolute Gasteiger partial charge is 0.258 e. The van der Waals surface area contributed by atoms with E-state index < -0.39 is 0 Å². The molecule has 1 saturated heterocycles. The number of rotatable bonds is 4. The Balaban J connectivity index is 1.81. The van der Waals surface area contributed by atoms with Crippen molar-refractivity contribution in [2.24, 2.45) is 0 Å². The summed E-state index contributed by atoms with van der Waals surface area (Å²) in [5.41, 5.74) is 0.448. The quantitative estimate of drug-likeness (QED) is 0.913. The van der Waals surface area contributed by atoms with Crippen molar-refractivity contribution in [1.82, 2.24) is 5.32 Å². The number of nitrogens with one attached hydrogen (secondary N) is 1. The summed E-state index contributed by atoms with van der Waals surface area (Å²) in [7, 11) is 0. The van der Waals surface area contributed by atoms with E-state index in [0.717, 1.165) is 18.6 Å². The van der Waals surface area contributed by atoms with Gasteiger partial charge in [-0.1, -0.05) is 12.1 Å². The molecule has 0 saturated carbocycles. The first kappa shape index (κ1) is 13.8. The summed E-state index contributed by atoms with van der Waals surface area (Å²) in [5, 5.41) is 11.9. The Morgan fingerprint density at radius 3 is 3.11 bits per heavy atom. The van der Waals surface area contributed by atoms with E-state index in [2.05, 4.69) is 5.32 Å². The summed E-state index contributed by atoms with van der Waals surface area (Å²) in [5.74, 6) is 2.48. The molecule has 1 aliphatic rings. The van der Waals surface area contributed by atoms with Crippen molar-refractivity contribution in [2.45, 2.75) is 18.9 Å². The summed E-state index contributed by atoms with van der Waals surface area (Å²) in [6.45, 7) is -0.0418. The molecule has 1 N–H and O–H groups in total. The molecular formula is C14H16N2O2S. The van der Waals surface area contributed by atoms with E-state index in [1.54, 1.807) is 24.3 Å². The molecule has 1 aromatic carbocycles. The second-order valence-corrected chi connectivity index (χ2v) is 5.53. The first-order valence-corrected chi connectivity index (χ1v) is 7.44.